The van der Waals surface area contributed by atoms with E-state index in [1.54, 1.807) is 0 Å². The van der Waals surface area contributed by atoms with Crippen LogP contribution < -0.4 is 5.32 Å². The molecule has 2 rings (SSSR count). The Labute approximate surface area is 103 Å². The average Bonchev–Trinajstić information content (AvgIpc) is 3.11. The third-order valence-corrected chi connectivity index (χ3v) is 4.20. The standard InChI is InChI=1S/C13H22N2O2/c1-3-10-12(17)15(8-5-11(16)14-10)9-13(4-2)6-7-13/h10H,3-9H2,1-2H3,(H,14,16). The zero-order valence-electron chi connectivity index (χ0n) is 10.8. The Morgan fingerprint density at radius 2 is 2.06 bits per heavy atom. The molecule has 1 heterocycles. The van der Waals surface area contributed by atoms with Gasteiger partial charge < -0.3 is 10.2 Å². The Kier molecular flexibility index (Phi) is 3.40. The molecule has 1 unspecified atom stereocenters. The maximum Gasteiger partial charge on any atom is 0.245 e. The molecular weight excluding hydrogens is 216 g/mol. The Bertz CT molecular complexity index is 323. The van der Waals surface area contributed by atoms with Crippen molar-refractivity contribution in [3.8, 4) is 0 Å². The quantitative estimate of drug-likeness (QED) is 0.802. The SMILES string of the molecule is CCC1NC(=O)CCN(CC2(CC)CC2)C1=O. The zero-order chi connectivity index (χ0) is 12.5. The number of carbonyl (C=O) groups excluding carboxylic acids is 2. The summed E-state index contributed by atoms with van der Waals surface area (Å²) < 4.78 is 0. The zero-order valence-corrected chi connectivity index (χ0v) is 10.8. The maximum atomic E-state index is 12.3. The van der Waals surface area contributed by atoms with Gasteiger partial charge in [0.1, 0.15) is 6.04 Å². The molecule has 2 amide bonds. The fraction of sp³-hybridized carbons (Fsp3) is 0.846. The van der Waals surface area contributed by atoms with Gasteiger partial charge in [-0.25, -0.2) is 0 Å². The van der Waals surface area contributed by atoms with E-state index < -0.39 is 0 Å². The van der Waals surface area contributed by atoms with Crippen molar-refractivity contribution in [1.82, 2.24) is 10.2 Å². The van der Waals surface area contributed by atoms with Crippen LogP contribution in [0.1, 0.15) is 46.0 Å². The van der Waals surface area contributed by atoms with Crippen molar-refractivity contribution in [2.75, 3.05) is 13.1 Å². The topological polar surface area (TPSA) is 49.4 Å². The molecule has 0 aromatic heterocycles. The lowest BCUT2D eigenvalue weighted by Crippen LogP contribution is -2.45. The van der Waals surface area contributed by atoms with E-state index in [0.29, 0.717) is 24.8 Å². The number of hydrogen-bond donors (Lipinski definition) is 1. The van der Waals surface area contributed by atoms with E-state index in [2.05, 4.69) is 12.2 Å². The molecule has 1 saturated heterocycles. The molecule has 0 aromatic rings. The van der Waals surface area contributed by atoms with Crippen molar-refractivity contribution in [2.24, 2.45) is 5.41 Å². The Hall–Kier alpha value is -1.06. The summed E-state index contributed by atoms with van der Waals surface area (Å²) >= 11 is 0. The van der Waals surface area contributed by atoms with Gasteiger partial charge in [-0.05, 0) is 31.1 Å². The van der Waals surface area contributed by atoms with E-state index in [9.17, 15) is 9.59 Å². The first kappa shape index (κ1) is 12.4. The van der Waals surface area contributed by atoms with Crippen LogP contribution in [-0.4, -0.2) is 35.8 Å². The van der Waals surface area contributed by atoms with Crippen molar-refractivity contribution in [2.45, 2.75) is 52.0 Å². The van der Waals surface area contributed by atoms with Crippen molar-refractivity contribution in [1.29, 1.82) is 0 Å². The van der Waals surface area contributed by atoms with Gasteiger partial charge in [0.15, 0.2) is 0 Å². The summed E-state index contributed by atoms with van der Waals surface area (Å²) in [5, 5.41) is 2.80. The van der Waals surface area contributed by atoms with E-state index in [0.717, 1.165) is 13.0 Å². The minimum Gasteiger partial charge on any atom is -0.344 e. The summed E-state index contributed by atoms with van der Waals surface area (Å²) in [7, 11) is 0. The van der Waals surface area contributed by atoms with E-state index in [1.165, 1.54) is 12.8 Å². The summed E-state index contributed by atoms with van der Waals surface area (Å²) in [6, 6.07) is -0.308. The first-order valence-electron chi connectivity index (χ1n) is 6.68. The van der Waals surface area contributed by atoms with Gasteiger partial charge in [0.2, 0.25) is 11.8 Å². The van der Waals surface area contributed by atoms with Crippen LogP contribution in [0.5, 0.6) is 0 Å². The van der Waals surface area contributed by atoms with Crippen LogP contribution in [-0.2, 0) is 9.59 Å². The number of carbonyl (C=O) groups is 2. The van der Waals surface area contributed by atoms with Gasteiger partial charge in [-0.1, -0.05) is 13.8 Å². The van der Waals surface area contributed by atoms with E-state index in [1.807, 2.05) is 11.8 Å². The minimum absolute atomic E-state index is 0.00838. The second kappa shape index (κ2) is 4.67. The van der Waals surface area contributed by atoms with E-state index in [4.69, 9.17) is 0 Å². The number of hydrogen-bond acceptors (Lipinski definition) is 2. The first-order valence-corrected chi connectivity index (χ1v) is 6.68. The summed E-state index contributed by atoms with van der Waals surface area (Å²) in [6.07, 6.45) is 4.72. The largest absolute Gasteiger partial charge is 0.344 e. The number of amides is 2. The van der Waals surface area contributed by atoms with Gasteiger partial charge in [-0.15, -0.1) is 0 Å². The molecule has 0 spiro atoms. The first-order chi connectivity index (χ1) is 8.10. The molecule has 0 radical (unpaired) electrons. The third kappa shape index (κ3) is 2.61. The molecule has 4 nitrogen and oxygen atoms in total. The van der Waals surface area contributed by atoms with Crippen molar-refractivity contribution in [3.63, 3.8) is 0 Å². The minimum atomic E-state index is -0.308. The van der Waals surface area contributed by atoms with Gasteiger partial charge in [-0.2, -0.15) is 0 Å². The highest BCUT2D eigenvalue weighted by Crippen LogP contribution is 2.49. The predicted octanol–water partition coefficient (Wildman–Crippen LogP) is 1.30. The van der Waals surface area contributed by atoms with Crippen LogP contribution in [0.15, 0.2) is 0 Å². The molecule has 2 aliphatic rings. The number of nitrogens with one attached hydrogen (secondary N) is 1. The number of rotatable bonds is 4. The third-order valence-electron chi connectivity index (χ3n) is 4.20. The van der Waals surface area contributed by atoms with Crippen LogP contribution in [0.3, 0.4) is 0 Å². The van der Waals surface area contributed by atoms with Crippen LogP contribution in [0, 0.1) is 5.41 Å². The Balaban J connectivity index is 2.04. The van der Waals surface area contributed by atoms with Gasteiger partial charge in [0, 0.05) is 19.5 Å². The molecule has 1 atom stereocenters. The molecule has 1 aliphatic heterocycles. The van der Waals surface area contributed by atoms with Crippen molar-refractivity contribution >= 4 is 11.8 Å². The van der Waals surface area contributed by atoms with Crippen LogP contribution in [0.4, 0.5) is 0 Å². The van der Waals surface area contributed by atoms with Gasteiger partial charge in [-0.3, -0.25) is 9.59 Å². The molecule has 1 N–H and O–H groups in total. The van der Waals surface area contributed by atoms with E-state index >= 15 is 0 Å². The summed E-state index contributed by atoms with van der Waals surface area (Å²) in [5.41, 5.74) is 0.362. The highest BCUT2D eigenvalue weighted by atomic mass is 16.2. The molecule has 1 saturated carbocycles. The maximum absolute atomic E-state index is 12.3. The van der Waals surface area contributed by atoms with Crippen LogP contribution >= 0.6 is 0 Å². The molecule has 17 heavy (non-hydrogen) atoms. The van der Waals surface area contributed by atoms with Crippen molar-refractivity contribution < 1.29 is 9.59 Å². The Morgan fingerprint density at radius 3 is 2.59 bits per heavy atom. The summed E-state index contributed by atoms with van der Waals surface area (Å²) in [5.74, 6) is 0.118. The molecule has 2 fully saturated rings. The fourth-order valence-corrected chi connectivity index (χ4v) is 2.53. The average molecular weight is 238 g/mol. The predicted molar refractivity (Wildman–Crippen MR) is 65.4 cm³/mol. The Morgan fingerprint density at radius 1 is 1.35 bits per heavy atom. The second-order valence-corrected chi connectivity index (χ2v) is 5.39. The molecular formula is C13H22N2O2. The highest BCUT2D eigenvalue weighted by Gasteiger charge is 2.44. The molecule has 96 valence electrons. The normalized spacial score (nSPS) is 27.6. The number of nitrogens with zero attached hydrogens (tertiary/aromatic N) is 1. The van der Waals surface area contributed by atoms with Gasteiger partial charge >= 0.3 is 0 Å². The summed E-state index contributed by atoms with van der Waals surface area (Å²) in [4.78, 5) is 25.7. The lowest BCUT2D eigenvalue weighted by Gasteiger charge is -2.27. The lowest BCUT2D eigenvalue weighted by molar-refractivity contribution is -0.134. The fourth-order valence-electron chi connectivity index (χ4n) is 2.53. The van der Waals surface area contributed by atoms with Gasteiger partial charge in [0.05, 0.1) is 0 Å². The second-order valence-electron chi connectivity index (χ2n) is 5.39. The van der Waals surface area contributed by atoms with Crippen molar-refractivity contribution in [3.05, 3.63) is 0 Å². The molecule has 4 heteroatoms. The monoisotopic (exact) mass is 238 g/mol. The molecule has 1 aliphatic carbocycles. The van der Waals surface area contributed by atoms with E-state index in [-0.39, 0.29) is 17.9 Å². The smallest absolute Gasteiger partial charge is 0.245 e. The summed E-state index contributed by atoms with van der Waals surface area (Å²) in [6.45, 7) is 5.56. The van der Waals surface area contributed by atoms with Crippen LogP contribution in [0.25, 0.3) is 0 Å². The van der Waals surface area contributed by atoms with Crippen LogP contribution in [0.2, 0.25) is 0 Å². The highest BCUT2D eigenvalue weighted by molar-refractivity contribution is 5.89. The molecule has 0 aromatic carbocycles. The molecule has 0 bridgehead atoms. The lowest BCUT2D eigenvalue weighted by atomic mass is 10.0. The van der Waals surface area contributed by atoms with Gasteiger partial charge in [0.25, 0.3) is 0 Å².